The minimum Gasteiger partial charge on any atom is -0.506 e. The maximum Gasteiger partial charge on any atom is 0.416 e. The molecule has 0 bridgehead atoms. The largest absolute Gasteiger partial charge is 0.506 e. The van der Waals surface area contributed by atoms with Crippen molar-refractivity contribution in [3.63, 3.8) is 0 Å². The van der Waals surface area contributed by atoms with Crippen molar-refractivity contribution in [1.82, 2.24) is 4.98 Å². The molecule has 3 rings (SSSR count). The Hall–Kier alpha value is -2.37. The fourth-order valence-electron chi connectivity index (χ4n) is 2.20. The number of fused-ring (bicyclic) bond motifs is 1. The number of aliphatic imine (C=N–C) groups is 1. The zero-order valence-corrected chi connectivity index (χ0v) is 10.1. The Kier molecular flexibility index (Phi) is 2.74. The molecule has 102 valence electrons. The van der Waals surface area contributed by atoms with E-state index in [0.717, 1.165) is 12.1 Å². The van der Waals surface area contributed by atoms with E-state index in [1.807, 2.05) is 0 Å². The molecule has 20 heavy (non-hydrogen) atoms. The lowest BCUT2D eigenvalue weighted by molar-refractivity contribution is -0.137. The number of benzene rings is 1. The predicted molar refractivity (Wildman–Crippen MR) is 67.6 cm³/mol. The standard InChI is InChI=1S/C14H9F3N2O/c15-14(16,17)9-4-8-6-18-7-11(8)10(5-9)13-12(20)2-1-3-19-13/h1-5,7,20H,6H2. The SMILES string of the molecule is Oc1cccnc1-c1cc(C(F)(F)F)cc2c1C=NC2. The summed E-state index contributed by atoms with van der Waals surface area (Å²) in [5.74, 6) is -0.158. The maximum absolute atomic E-state index is 12.9. The van der Waals surface area contributed by atoms with Gasteiger partial charge in [0.25, 0.3) is 0 Å². The topological polar surface area (TPSA) is 45.5 Å². The van der Waals surface area contributed by atoms with Gasteiger partial charge in [-0.15, -0.1) is 0 Å². The first kappa shape index (κ1) is 12.7. The van der Waals surface area contributed by atoms with E-state index in [1.165, 1.54) is 24.5 Å². The molecule has 6 heteroatoms. The van der Waals surface area contributed by atoms with Crippen molar-refractivity contribution in [3.8, 4) is 17.0 Å². The van der Waals surface area contributed by atoms with Gasteiger partial charge >= 0.3 is 6.18 Å². The number of hydrogen-bond donors (Lipinski definition) is 1. The summed E-state index contributed by atoms with van der Waals surface area (Å²) < 4.78 is 38.8. The van der Waals surface area contributed by atoms with Gasteiger partial charge in [-0.25, -0.2) is 0 Å². The lowest BCUT2D eigenvalue weighted by Gasteiger charge is -2.13. The van der Waals surface area contributed by atoms with E-state index in [4.69, 9.17) is 0 Å². The van der Waals surface area contributed by atoms with Crippen molar-refractivity contribution in [2.45, 2.75) is 12.7 Å². The molecule has 0 spiro atoms. The second kappa shape index (κ2) is 4.33. The first-order valence-electron chi connectivity index (χ1n) is 5.85. The fourth-order valence-corrected chi connectivity index (χ4v) is 2.20. The van der Waals surface area contributed by atoms with Crippen molar-refractivity contribution < 1.29 is 18.3 Å². The average molecular weight is 278 g/mol. The Bertz CT molecular complexity index is 708. The lowest BCUT2D eigenvalue weighted by atomic mass is 9.96. The molecule has 1 N–H and O–H groups in total. The smallest absolute Gasteiger partial charge is 0.416 e. The van der Waals surface area contributed by atoms with Gasteiger partial charge < -0.3 is 5.11 Å². The molecular weight excluding hydrogens is 269 g/mol. The van der Waals surface area contributed by atoms with Crippen LogP contribution in [0.3, 0.4) is 0 Å². The van der Waals surface area contributed by atoms with Crippen LogP contribution in [0.4, 0.5) is 13.2 Å². The first-order chi connectivity index (χ1) is 9.47. The Labute approximate surface area is 112 Å². The number of halogens is 3. The minimum absolute atomic E-state index is 0.128. The molecule has 0 atom stereocenters. The number of rotatable bonds is 1. The predicted octanol–water partition coefficient (Wildman–Crippen LogP) is 3.41. The summed E-state index contributed by atoms with van der Waals surface area (Å²) >= 11 is 0. The summed E-state index contributed by atoms with van der Waals surface area (Å²) in [5, 5.41) is 9.80. The molecule has 2 aromatic rings. The maximum atomic E-state index is 12.9. The fraction of sp³-hybridized carbons (Fsp3) is 0.143. The Balaban J connectivity index is 2.27. The van der Waals surface area contributed by atoms with Crippen molar-refractivity contribution in [2.24, 2.45) is 4.99 Å². The normalized spacial score (nSPS) is 13.6. The molecule has 1 aromatic heterocycles. The molecule has 3 nitrogen and oxygen atoms in total. The van der Waals surface area contributed by atoms with E-state index < -0.39 is 11.7 Å². The van der Waals surface area contributed by atoms with Gasteiger partial charge in [-0.1, -0.05) is 0 Å². The average Bonchev–Trinajstić information content (AvgIpc) is 2.85. The second-order valence-electron chi connectivity index (χ2n) is 4.44. The van der Waals surface area contributed by atoms with Crippen molar-refractivity contribution >= 4 is 6.21 Å². The minimum atomic E-state index is -4.45. The zero-order chi connectivity index (χ0) is 14.3. The summed E-state index contributed by atoms with van der Waals surface area (Å²) in [6.45, 7) is 0.208. The van der Waals surface area contributed by atoms with E-state index in [-0.39, 0.29) is 23.6 Å². The lowest BCUT2D eigenvalue weighted by Crippen LogP contribution is -2.07. The van der Waals surface area contributed by atoms with Crippen LogP contribution in [0.1, 0.15) is 16.7 Å². The Morgan fingerprint density at radius 2 is 2.00 bits per heavy atom. The van der Waals surface area contributed by atoms with Crippen molar-refractivity contribution in [2.75, 3.05) is 0 Å². The molecule has 2 heterocycles. The van der Waals surface area contributed by atoms with Gasteiger partial charge in [0, 0.05) is 23.5 Å². The van der Waals surface area contributed by atoms with Gasteiger partial charge in [0.05, 0.1) is 12.1 Å². The number of pyridine rings is 1. The number of aromatic nitrogens is 1. The summed E-state index contributed by atoms with van der Waals surface area (Å²) in [6, 6.07) is 4.99. The van der Waals surface area contributed by atoms with E-state index in [1.54, 1.807) is 0 Å². The van der Waals surface area contributed by atoms with Gasteiger partial charge in [0.2, 0.25) is 0 Å². The zero-order valence-electron chi connectivity index (χ0n) is 10.1. The monoisotopic (exact) mass is 278 g/mol. The summed E-state index contributed by atoms with van der Waals surface area (Å²) in [6.07, 6.45) is -1.51. The third kappa shape index (κ3) is 2.03. The van der Waals surface area contributed by atoms with E-state index in [0.29, 0.717) is 11.1 Å². The van der Waals surface area contributed by atoms with Crippen molar-refractivity contribution in [1.29, 1.82) is 0 Å². The highest BCUT2D eigenvalue weighted by atomic mass is 19.4. The van der Waals surface area contributed by atoms with Gasteiger partial charge in [0.15, 0.2) is 0 Å². The summed E-state index contributed by atoms with van der Waals surface area (Å²) in [4.78, 5) is 7.96. The van der Waals surface area contributed by atoms with E-state index >= 15 is 0 Å². The van der Waals surface area contributed by atoms with Crippen LogP contribution >= 0.6 is 0 Å². The van der Waals surface area contributed by atoms with Gasteiger partial charge in [-0.3, -0.25) is 9.98 Å². The van der Waals surface area contributed by atoms with Crippen LogP contribution in [-0.4, -0.2) is 16.3 Å². The first-order valence-corrected chi connectivity index (χ1v) is 5.85. The van der Waals surface area contributed by atoms with Crippen LogP contribution < -0.4 is 0 Å². The molecule has 0 amide bonds. The molecule has 0 unspecified atom stereocenters. The molecule has 0 saturated carbocycles. The van der Waals surface area contributed by atoms with E-state index in [2.05, 4.69) is 9.98 Å². The van der Waals surface area contributed by atoms with Gasteiger partial charge in [-0.2, -0.15) is 13.2 Å². The van der Waals surface area contributed by atoms with Crippen LogP contribution in [0.15, 0.2) is 35.5 Å². The van der Waals surface area contributed by atoms with Crippen molar-refractivity contribution in [3.05, 3.63) is 47.2 Å². The van der Waals surface area contributed by atoms with Crippen LogP contribution in [0.25, 0.3) is 11.3 Å². The third-order valence-corrected chi connectivity index (χ3v) is 3.12. The van der Waals surface area contributed by atoms with Gasteiger partial charge in [0.1, 0.15) is 11.4 Å². The highest BCUT2D eigenvalue weighted by molar-refractivity contribution is 5.94. The Morgan fingerprint density at radius 3 is 2.70 bits per heavy atom. The quantitative estimate of drug-likeness (QED) is 0.868. The molecule has 1 aromatic carbocycles. The van der Waals surface area contributed by atoms with Crippen LogP contribution in [0.2, 0.25) is 0 Å². The highest BCUT2D eigenvalue weighted by Crippen LogP contribution is 2.38. The molecule has 0 radical (unpaired) electrons. The molecule has 0 saturated heterocycles. The highest BCUT2D eigenvalue weighted by Gasteiger charge is 2.33. The number of hydrogen-bond acceptors (Lipinski definition) is 3. The summed E-state index contributed by atoms with van der Waals surface area (Å²) in [5.41, 5.74) is 0.672. The Morgan fingerprint density at radius 1 is 1.20 bits per heavy atom. The summed E-state index contributed by atoms with van der Waals surface area (Å²) in [7, 11) is 0. The third-order valence-electron chi connectivity index (χ3n) is 3.12. The molecular formula is C14H9F3N2O. The number of nitrogens with zero attached hydrogens (tertiary/aromatic N) is 2. The van der Waals surface area contributed by atoms with Crippen LogP contribution in [0.5, 0.6) is 5.75 Å². The van der Waals surface area contributed by atoms with E-state index in [9.17, 15) is 18.3 Å². The molecule has 1 aliphatic heterocycles. The number of alkyl halides is 3. The number of aromatic hydroxyl groups is 1. The molecule has 0 fully saturated rings. The second-order valence-corrected chi connectivity index (χ2v) is 4.44. The van der Waals surface area contributed by atoms with Gasteiger partial charge in [-0.05, 0) is 29.8 Å². The molecule has 0 aliphatic carbocycles. The van der Waals surface area contributed by atoms with Crippen LogP contribution in [0, 0.1) is 0 Å². The van der Waals surface area contributed by atoms with Crippen LogP contribution in [-0.2, 0) is 12.7 Å². The molecule has 1 aliphatic rings.